The van der Waals surface area contributed by atoms with Crippen molar-refractivity contribution in [3.8, 4) is 0 Å². The van der Waals surface area contributed by atoms with Gasteiger partial charge in [0.25, 0.3) is 0 Å². The van der Waals surface area contributed by atoms with E-state index >= 15 is 0 Å². The minimum absolute atomic E-state index is 0.0281. The molecule has 0 aliphatic rings. The number of rotatable bonds is 4. The molecule has 0 aromatic heterocycles. The highest BCUT2D eigenvalue weighted by Crippen LogP contribution is 2.31. The van der Waals surface area contributed by atoms with E-state index in [1.807, 2.05) is 0 Å². The Labute approximate surface area is 125 Å². The van der Waals surface area contributed by atoms with E-state index in [1.165, 1.54) is 25.2 Å². The molecule has 0 aliphatic heterocycles. The molecule has 0 heterocycles. The van der Waals surface area contributed by atoms with Crippen molar-refractivity contribution < 1.29 is 17.2 Å². The zero-order valence-electron chi connectivity index (χ0n) is 10.9. The Morgan fingerprint density at radius 3 is 2.24 bits per heavy atom. The van der Waals surface area contributed by atoms with Crippen molar-refractivity contribution in [3.05, 3.63) is 48.0 Å². The first-order valence-electron chi connectivity index (χ1n) is 5.79. The zero-order chi connectivity index (χ0) is 15.6. The molecule has 0 fully saturated rings. The third kappa shape index (κ3) is 3.52. The minimum atomic E-state index is -3.62. The van der Waals surface area contributed by atoms with E-state index in [1.54, 1.807) is 6.07 Å². The molecular formula is C13H12F2N2O2S2. The summed E-state index contributed by atoms with van der Waals surface area (Å²) in [6.45, 7) is 0. The second kappa shape index (κ2) is 6.00. The lowest BCUT2D eigenvalue weighted by atomic mass is 10.3. The number of nitrogens with one attached hydrogen (secondary N) is 1. The maximum absolute atomic E-state index is 13.1. The topological polar surface area (TPSA) is 72.2 Å². The number of nitrogen functional groups attached to an aromatic ring is 1. The molecule has 0 bridgehead atoms. The first-order chi connectivity index (χ1) is 9.83. The Morgan fingerprint density at radius 1 is 1.05 bits per heavy atom. The largest absolute Gasteiger partial charge is 0.398 e. The lowest BCUT2D eigenvalue weighted by Gasteiger charge is -2.08. The van der Waals surface area contributed by atoms with Crippen LogP contribution in [0.5, 0.6) is 0 Å². The third-order valence-corrected chi connectivity index (χ3v) is 5.13. The number of benzene rings is 2. The number of sulfonamides is 1. The summed E-state index contributed by atoms with van der Waals surface area (Å²) in [5.41, 5.74) is 5.80. The summed E-state index contributed by atoms with van der Waals surface area (Å²) in [6.07, 6.45) is 0. The summed E-state index contributed by atoms with van der Waals surface area (Å²) >= 11 is 1.15. The number of nitrogens with two attached hydrogens (primary N) is 1. The Hall–Kier alpha value is -1.64. The van der Waals surface area contributed by atoms with Crippen molar-refractivity contribution >= 4 is 27.5 Å². The molecule has 0 radical (unpaired) electrons. The molecule has 112 valence electrons. The second-order valence-electron chi connectivity index (χ2n) is 4.09. The molecule has 21 heavy (non-hydrogen) atoms. The molecule has 2 rings (SSSR count). The highest BCUT2D eigenvalue weighted by molar-refractivity contribution is 7.99. The van der Waals surface area contributed by atoms with Crippen LogP contribution in [0.1, 0.15) is 0 Å². The van der Waals surface area contributed by atoms with Crippen molar-refractivity contribution in [2.75, 3.05) is 12.8 Å². The number of anilines is 1. The van der Waals surface area contributed by atoms with Gasteiger partial charge in [-0.1, -0.05) is 11.8 Å². The third-order valence-electron chi connectivity index (χ3n) is 2.67. The molecular weight excluding hydrogens is 318 g/mol. The molecule has 0 saturated carbocycles. The molecule has 2 aromatic rings. The van der Waals surface area contributed by atoms with Crippen LogP contribution < -0.4 is 10.5 Å². The fourth-order valence-electron chi connectivity index (χ4n) is 1.62. The van der Waals surface area contributed by atoms with Gasteiger partial charge in [0, 0.05) is 9.79 Å². The first-order valence-corrected chi connectivity index (χ1v) is 8.09. The predicted octanol–water partition coefficient (Wildman–Crippen LogP) is 2.61. The van der Waals surface area contributed by atoms with Crippen LogP contribution in [0.15, 0.2) is 51.1 Å². The van der Waals surface area contributed by atoms with Gasteiger partial charge in [-0.2, -0.15) is 0 Å². The van der Waals surface area contributed by atoms with E-state index in [0.717, 1.165) is 23.9 Å². The van der Waals surface area contributed by atoms with Crippen LogP contribution in [-0.2, 0) is 10.0 Å². The maximum atomic E-state index is 13.1. The lowest BCUT2D eigenvalue weighted by molar-refractivity contribution is 0.506. The quantitative estimate of drug-likeness (QED) is 0.845. The Bertz CT molecular complexity index is 780. The zero-order valence-corrected chi connectivity index (χ0v) is 12.6. The van der Waals surface area contributed by atoms with Crippen LogP contribution in [0.2, 0.25) is 0 Å². The highest BCUT2D eigenvalue weighted by atomic mass is 32.2. The van der Waals surface area contributed by atoms with Crippen LogP contribution in [-0.4, -0.2) is 15.5 Å². The highest BCUT2D eigenvalue weighted by Gasteiger charge is 2.15. The molecule has 0 unspecified atom stereocenters. The van der Waals surface area contributed by atoms with Gasteiger partial charge in [-0.05, 0) is 43.4 Å². The molecule has 0 atom stereocenters. The SMILES string of the molecule is CNS(=O)(=O)c1ccc(Sc2ccc(F)c(F)c2)cc1N. The summed E-state index contributed by atoms with van der Waals surface area (Å²) in [4.78, 5) is 1.07. The van der Waals surface area contributed by atoms with E-state index in [4.69, 9.17) is 5.73 Å². The van der Waals surface area contributed by atoms with E-state index < -0.39 is 21.7 Å². The van der Waals surface area contributed by atoms with E-state index in [2.05, 4.69) is 4.72 Å². The van der Waals surface area contributed by atoms with Gasteiger partial charge in [0.15, 0.2) is 11.6 Å². The molecule has 2 aromatic carbocycles. The van der Waals surface area contributed by atoms with E-state index in [9.17, 15) is 17.2 Å². The van der Waals surface area contributed by atoms with Crippen LogP contribution >= 0.6 is 11.8 Å². The van der Waals surface area contributed by atoms with Crippen LogP contribution in [0.25, 0.3) is 0 Å². The van der Waals surface area contributed by atoms with Gasteiger partial charge in [0.1, 0.15) is 4.90 Å². The molecule has 0 spiro atoms. The molecule has 8 heteroatoms. The van der Waals surface area contributed by atoms with Crippen molar-refractivity contribution in [2.24, 2.45) is 0 Å². The Balaban J connectivity index is 2.30. The van der Waals surface area contributed by atoms with Crippen LogP contribution in [0.3, 0.4) is 0 Å². The fourth-order valence-corrected chi connectivity index (χ4v) is 3.35. The summed E-state index contributed by atoms with van der Waals surface area (Å²) in [5.74, 6) is -1.86. The number of hydrogen-bond donors (Lipinski definition) is 2. The Morgan fingerprint density at radius 2 is 1.67 bits per heavy atom. The van der Waals surface area contributed by atoms with Crippen molar-refractivity contribution in [1.82, 2.24) is 4.72 Å². The molecule has 0 amide bonds. The van der Waals surface area contributed by atoms with Gasteiger partial charge in [0.2, 0.25) is 10.0 Å². The smallest absolute Gasteiger partial charge is 0.242 e. The van der Waals surface area contributed by atoms with E-state index in [-0.39, 0.29) is 10.6 Å². The summed E-state index contributed by atoms with van der Waals surface area (Å²) < 4.78 is 51.5. The number of halogens is 2. The molecule has 3 N–H and O–H groups in total. The van der Waals surface area contributed by atoms with Crippen molar-refractivity contribution in [1.29, 1.82) is 0 Å². The van der Waals surface area contributed by atoms with Gasteiger partial charge >= 0.3 is 0 Å². The van der Waals surface area contributed by atoms with Gasteiger partial charge < -0.3 is 5.73 Å². The van der Waals surface area contributed by atoms with Crippen molar-refractivity contribution in [2.45, 2.75) is 14.7 Å². The maximum Gasteiger partial charge on any atom is 0.242 e. The normalized spacial score (nSPS) is 11.6. The standard InChI is InChI=1S/C13H12F2N2O2S2/c1-17-21(18,19)13-5-3-9(7-12(13)16)20-8-2-4-10(14)11(15)6-8/h2-7,17H,16H2,1H3. The van der Waals surface area contributed by atoms with Crippen LogP contribution in [0, 0.1) is 11.6 Å². The molecule has 0 saturated heterocycles. The lowest BCUT2D eigenvalue weighted by Crippen LogP contribution is -2.19. The van der Waals surface area contributed by atoms with E-state index in [0.29, 0.717) is 9.79 Å². The number of hydrogen-bond acceptors (Lipinski definition) is 4. The summed E-state index contributed by atoms with van der Waals surface area (Å²) in [7, 11) is -2.33. The van der Waals surface area contributed by atoms with Gasteiger partial charge in [-0.25, -0.2) is 21.9 Å². The predicted molar refractivity (Wildman–Crippen MR) is 77.6 cm³/mol. The van der Waals surface area contributed by atoms with Gasteiger partial charge in [0.05, 0.1) is 5.69 Å². The average molecular weight is 330 g/mol. The molecule has 4 nitrogen and oxygen atoms in total. The minimum Gasteiger partial charge on any atom is -0.398 e. The summed E-state index contributed by atoms with van der Waals surface area (Å²) in [6, 6.07) is 7.90. The average Bonchev–Trinajstić information content (AvgIpc) is 2.43. The molecule has 0 aliphatic carbocycles. The fraction of sp³-hybridized carbons (Fsp3) is 0.0769. The van der Waals surface area contributed by atoms with Gasteiger partial charge in [-0.15, -0.1) is 0 Å². The first kappa shape index (κ1) is 15.7. The van der Waals surface area contributed by atoms with Crippen molar-refractivity contribution in [3.63, 3.8) is 0 Å². The second-order valence-corrected chi connectivity index (χ2v) is 7.09. The Kier molecular flexibility index (Phi) is 4.50. The van der Waals surface area contributed by atoms with Crippen LogP contribution in [0.4, 0.5) is 14.5 Å². The summed E-state index contributed by atoms with van der Waals surface area (Å²) in [5, 5.41) is 0. The monoisotopic (exact) mass is 330 g/mol. The van der Waals surface area contributed by atoms with Gasteiger partial charge in [-0.3, -0.25) is 0 Å².